The molecule has 0 spiro atoms. The number of pyridine rings is 2. The zero-order valence-corrected chi connectivity index (χ0v) is 53.0. The van der Waals surface area contributed by atoms with E-state index < -0.39 is 124 Å². The number of hydrogen-bond acceptors (Lipinski definition) is 12. The van der Waals surface area contributed by atoms with Gasteiger partial charge in [-0.3, -0.25) is 19.6 Å². The molecule has 0 aliphatic rings. The first-order chi connectivity index (χ1) is 43.9. The number of rotatable bonds is 21. The Kier molecular flexibility index (Phi) is 23.5. The van der Waals surface area contributed by atoms with E-state index in [1.807, 2.05) is 12.4 Å². The van der Waals surface area contributed by atoms with Crippen LogP contribution >= 0.6 is 11.6 Å². The van der Waals surface area contributed by atoms with Crippen LogP contribution in [0.3, 0.4) is 0 Å². The maximum absolute atomic E-state index is 14.2. The van der Waals surface area contributed by atoms with Gasteiger partial charge in [0.1, 0.15) is 57.5 Å². The van der Waals surface area contributed by atoms with Gasteiger partial charge in [0.25, 0.3) is 11.1 Å². The number of fused-ring (bicyclic) bond motifs is 2. The first-order valence-corrected chi connectivity index (χ1v) is 36.8. The smallest absolute Gasteiger partial charge is 0.421 e. The SMILES string of the molecule is CCC[CH2][Sn]([CH2]CCC)([CH2]CCC)[c]1cnccn1.O=c1ncn(Cc2c(F)cc(F)cc2F)c2ccc(Oc3ncc(CCl)cc3C(F)(F)F)cc12.O=c1ncn(Cc2c(F)cc(F)cc2F)c2ccc(Oc3ncc(Cc4cnccn4)cc3C(F)(F)F)cc12. The van der Waals surface area contributed by atoms with Crippen molar-refractivity contribution in [3.05, 3.63) is 230 Å². The molecule has 0 radical (unpaired) electrons. The van der Waals surface area contributed by atoms with Gasteiger partial charge in [-0.25, -0.2) is 36.3 Å². The third-order valence-electron chi connectivity index (χ3n) is 14.7. The van der Waals surface area contributed by atoms with Crippen LogP contribution in [0.5, 0.6) is 23.3 Å². The summed E-state index contributed by atoms with van der Waals surface area (Å²) in [5, 5.41) is -0.181. The van der Waals surface area contributed by atoms with E-state index in [9.17, 15) is 62.3 Å². The Morgan fingerprint density at radius 1 is 0.500 bits per heavy atom. The molecule has 0 saturated heterocycles. The van der Waals surface area contributed by atoms with Gasteiger partial charge >= 0.3 is 136 Å². The van der Waals surface area contributed by atoms with Crippen molar-refractivity contribution in [3.63, 3.8) is 0 Å². The first-order valence-electron chi connectivity index (χ1n) is 28.7. The van der Waals surface area contributed by atoms with Crippen molar-refractivity contribution < 1.29 is 62.2 Å². The van der Waals surface area contributed by atoms with Crippen molar-refractivity contribution in [2.24, 2.45) is 0 Å². The molecule has 6 aromatic heterocycles. The second-order valence-corrected chi connectivity index (χ2v) is 34.5. The maximum Gasteiger partial charge on any atom is 0.421 e. The topological polar surface area (TPSA) is 166 Å². The van der Waals surface area contributed by atoms with Crippen molar-refractivity contribution in [2.45, 2.75) is 110 Å². The number of benzene rings is 4. The predicted octanol–water partition coefficient (Wildman–Crippen LogP) is 15.8. The van der Waals surface area contributed by atoms with Gasteiger partial charge in [0, 0.05) is 78.7 Å². The average Bonchev–Trinajstić information content (AvgIpc) is 0.830. The van der Waals surface area contributed by atoms with Gasteiger partial charge in [-0.1, -0.05) is 0 Å². The zero-order valence-electron chi connectivity index (χ0n) is 49.4. The van der Waals surface area contributed by atoms with Crippen LogP contribution < -0.4 is 24.3 Å². The van der Waals surface area contributed by atoms with Crippen LogP contribution in [-0.2, 0) is 37.7 Å². The van der Waals surface area contributed by atoms with Gasteiger partial charge in [-0.2, -0.15) is 36.3 Å². The molecule has 0 atom stereocenters. The third-order valence-corrected chi connectivity index (χ3v) is 30.0. The predicted molar refractivity (Wildman–Crippen MR) is 322 cm³/mol. The Hall–Kier alpha value is -8.53. The number of halogens is 13. The van der Waals surface area contributed by atoms with E-state index >= 15 is 0 Å². The van der Waals surface area contributed by atoms with E-state index in [4.69, 9.17) is 26.1 Å². The van der Waals surface area contributed by atoms with Gasteiger partial charge in [-0.05, 0) is 59.7 Å². The molecule has 0 aliphatic carbocycles. The van der Waals surface area contributed by atoms with Crippen molar-refractivity contribution in [1.29, 1.82) is 0 Å². The molecule has 0 fully saturated rings. The standard InChI is InChI=1S/C26H15F6N5O2.C22H12ClF6N3O2.C4H3N2.3C4H9.Sn/c27-15-7-21(28)19(22(29)8-15)12-37-13-36-24(38)18-9-17(1-2-23(18)37)39-25-20(26(30,31)32)6-14(10-35-25)5-16-11-33-3-4-34-16;23-7-11-3-16(22(27,28)29)21(30-8-11)34-13-1-2-19-14(6-13)20(33)31-10-32(19)9-15-17(25)4-12(24)5-18(15)26;1-2-6-4-3-5-1;3*1-3-4-2;/h1-4,6-11,13H,5,12H2;1-6,8,10H,7,9H2;1-3H;3*1,3-4H2,2H3;. The van der Waals surface area contributed by atoms with Gasteiger partial charge in [0.2, 0.25) is 11.8 Å². The largest absolute Gasteiger partial charge is 0.438 e. The fourth-order valence-corrected chi connectivity index (χ4v) is 25.3. The molecule has 0 unspecified atom stereocenters. The molecule has 0 aliphatic heterocycles. The number of alkyl halides is 7. The minimum atomic E-state index is -4.81. The minimum absolute atomic E-state index is 0.0562. The van der Waals surface area contributed by atoms with Gasteiger partial charge in [0.15, 0.2) is 0 Å². The van der Waals surface area contributed by atoms with Gasteiger partial charge < -0.3 is 18.6 Å². The molecule has 28 heteroatoms. The van der Waals surface area contributed by atoms with Crippen molar-refractivity contribution in [2.75, 3.05) is 0 Å². The Balaban J connectivity index is 0.000000188. The van der Waals surface area contributed by atoms with Gasteiger partial charge in [0.05, 0.1) is 53.2 Å². The molecule has 10 rings (SSSR count). The summed E-state index contributed by atoms with van der Waals surface area (Å²) < 4.78 is 184. The van der Waals surface area contributed by atoms with E-state index in [0.717, 1.165) is 43.1 Å². The molecule has 0 saturated carbocycles. The normalized spacial score (nSPS) is 11.7. The third kappa shape index (κ3) is 17.7. The van der Waals surface area contributed by atoms with E-state index in [1.54, 1.807) is 0 Å². The zero-order chi connectivity index (χ0) is 66.3. The molecule has 0 amide bonds. The first kappa shape index (κ1) is 69.4. The summed E-state index contributed by atoms with van der Waals surface area (Å²) in [5.41, 5.74) is -3.62. The van der Waals surface area contributed by atoms with Crippen LogP contribution in [0.15, 0.2) is 145 Å². The molecule has 0 N–H and O–H groups in total. The second kappa shape index (κ2) is 31.2. The van der Waals surface area contributed by atoms with Gasteiger partial charge in [-0.15, -0.1) is 11.6 Å². The molecule has 6 heterocycles. The summed E-state index contributed by atoms with van der Waals surface area (Å²) in [6.45, 7) is 6.07. The van der Waals surface area contributed by atoms with E-state index in [1.165, 1.54) is 114 Å². The number of hydrogen-bond donors (Lipinski definition) is 0. The monoisotopic (exact) mass is 1410 g/mol. The summed E-state index contributed by atoms with van der Waals surface area (Å²) in [5.74, 6) is -8.69. The Labute approximate surface area is 527 Å². The molecular weight excluding hydrogens is 1350 g/mol. The molecule has 4 aromatic carbocycles. The second-order valence-electron chi connectivity index (χ2n) is 21.2. The van der Waals surface area contributed by atoms with Crippen LogP contribution in [0.1, 0.15) is 98.4 Å². The van der Waals surface area contributed by atoms with Crippen molar-refractivity contribution in [1.82, 2.24) is 49.0 Å². The van der Waals surface area contributed by atoms with E-state index in [0.29, 0.717) is 30.0 Å². The number of aromatic nitrogens is 10. The van der Waals surface area contributed by atoms with Crippen LogP contribution in [0, 0.1) is 34.9 Å². The summed E-state index contributed by atoms with van der Waals surface area (Å²) in [6, 6.07) is 11.2. The number of unbranched alkanes of at least 4 members (excludes halogenated alkanes) is 3. The van der Waals surface area contributed by atoms with Crippen LogP contribution in [0.25, 0.3) is 21.8 Å². The average molecular weight is 1410 g/mol. The minimum Gasteiger partial charge on any atom is -0.438 e. The Bertz CT molecular complexity index is 4240. The molecule has 482 valence electrons. The van der Waals surface area contributed by atoms with Crippen molar-refractivity contribution in [3.8, 4) is 23.3 Å². The van der Waals surface area contributed by atoms with Crippen LogP contribution in [-0.4, -0.2) is 67.4 Å². The molecule has 10 aromatic rings. The summed E-state index contributed by atoms with van der Waals surface area (Å²) in [6.07, 6.45) is 13.1. The fourth-order valence-electron chi connectivity index (χ4n) is 10.0. The van der Waals surface area contributed by atoms with Crippen LogP contribution in [0.4, 0.5) is 52.7 Å². The Morgan fingerprint density at radius 2 is 0.924 bits per heavy atom. The Morgan fingerprint density at radius 3 is 1.32 bits per heavy atom. The summed E-state index contributed by atoms with van der Waals surface area (Å²) in [4.78, 5) is 56.5. The fraction of sp³-hybridized carbons (Fsp3) is 0.281. The maximum atomic E-state index is 14.2. The van der Waals surface area contributed by atoms with E-state index in [-0.39, 0.29) is 56.7 Å². The van der Waals surface area contributed by atoms with Crippen molar-refractivity contribution >= 4 is 55.5 Å². The number of nitrogens with zero attached hydrogens (tertiary/aromatic N) is 10. The summed E-state index contributed by atoms with van der Waals surface area (Å²) in [7, 11) is 0. The summed E-state index contributed by atoms with van der Waals surface area (Å²) >= 11 is 3.32. The molecule has 0 bridgehead atoms. The molecular formula is C64H57ClF12N10O4Sn. The molecule has 14 nitrogen and oxygen atoms in total. The molecule has 92 heavy (non-hydrogen) atoms. The quantitative estimate of drug-likeness (QED) is 0.0380. The van der Waals surface area contributed by atoms with Crippen LogP contribution in [0.2, 0.25) is 13.3 Å². The van der Waals surface area contributed by atoms with E-state index in [2.05, 4.69) is 61.9 Å². The number of ether oxygens (including phenoxy) is 2.